The third kappa shape index (κ3) is 4.44. The molecule has 1 aliphatic rings. The number of aromatic hydroxyl groups is 1. The molecule has 1 heterocycles. The minimum Gasteiger partial charge on any atom is -0.508 e. The molecule has 0 aromatic heterocycles. The first-order valence-corrected chi connectivity index (χ1v) is 7.58. The van der Waals surface area contributed by atoms with Crippen LogP contribution >= 0.6 is 0 Å². The number of carbonyl (C=O) groups excluding carboxylic acids is 1. The summed E-state index contributed by atoms with van der Waals surface area (Å²) in [5.74, 6) is 0.450. The lowest BCUT2D eigenvalue weighted by atomic mass is 9.96. The topological polar surface area (TPSA) is 78.6 Å². The number of phenolic OH excluding ortho intramolecular Hbond substituents is 1. The van der Waals surface area contributed by atoms with E-state index in [0.717, 1.165) is 37.1 Å². The van der Waals surface area contributed by atoms with Crippen molar-refractivity contribution in [1.29, 1.82) is 0 Å². The zero-order valence-corrected chi connectivity index (χ0v) is 12.6. The molecule has 116 valence electrons. The van der Waals surface area contributed by atoms with E-state index < -0.39 is 0 Å². The quantitative estimate of drug-likeness (QED) is 0.756. The highest BCUT2D eigenvalue weighted by Gasteiger charge is 2.25. The minimum absolute atomic E-state index is 0.0252. The smallest absolute Gasteiger partial charge is 0.224 e. The van der Waals surface area contributed by atoms with Crippen LogP contribution in [0, 0.1) is 12.8 Å². The van der Waals surface area contributed by atoms with Gasteiger partial charge in [-0.3, -0.25) is 9.69 Å². The van der Waals surface area contributed by atoms with Crippen LogP contribution in [0.3, 0.4) is 0 Å². The lowest BCUT2D eigenvalue weighted by molar-refractivity contribution is -0.126. The van der Waals surface area contributed by atoms with Crippen molar-refractivity contribution in [2.75, 3.05) is 26.2 Å². The van der Waals surface area contributed by atoms with Gasteiger partial charge in [0, 0.05) is 31.7 Å². The summed E-state index contributed by atoms with van der Waals surface area (Å²) < 4.78 is 0. The number of benzene rings is 1. The van der Waals surface area contributed by atoms with E-state index in [2.05, 4.69) is 10.2 Å². The van der Waals surface area contributed by atoms with Gasteiger partial charge in [0.1, 0.15) is 5.75 Å². The second-order valence-electron chi connectivity index (χ2n) is 5.79. The Hall–Kier alpha value is -1.59. The molecule has 0 spiro atoms. The highest BCUT2D eigenvalue weighted by molar-refractivity contribution is 5.78. The number of aryl methyl sites for hydroxylation is 1. The van der Waals surface area contributed by atoms with Gasteiger partial charge in [-0.1, -0.05) is 17.7 Å². The van der Waals surface area contributed by atoms with Crippen LogP contribution in [-0.4, -0.2) is 42.1 Å². The number of nitrogens with two attached hydrogens (primary N) is 1. The van der Waals surface area contributed by atoms with Crippen molar-refractivity contribution in [3.05, 3.63) is 29.3 Å². The summed E-state index contributed by atoms with van der Waals surface area (Å²) in [6.07, 6.45) is 1.93. The molecule has 21 heavy (non-hydrogen) atoms. The van der Waals surface area contributed by atoms with E-state index >= 15 is 0 Å². The highest BCUT2D eigenvalue weighted by atomic mass is 16.3. The zero-order chi connectivity index (χ0) is 15.2. The standard InChI is InChI=1S/C16H25N3O2/c1-12-4-5-15(20)14(9-12)11-19-8-2-3-13(10-19)16(21)18-7-6-17/h4-5,9,13,20H,2-3,6-8,10-11,17H2,1H3,(H,18,21). The fourth-order valence-electron chi connectivity index (χ4n) is 2.83. The summed E-state index contributed by atoms with van der Waals surface area (Å²) >= 11 is 0. The van der Waals surface area contributed by atoms with Gasteiger partial charge in [0.2, 0.25) is 5.91 Å². The van der Waals surface area contributed by atoms with E-state index in [-0.39, 0.29) is 11.8 Å². The number of likely N-dealkylation sites (tertiary alicyclic amines) is 1. The number of carbonyl (C=O) groups is 1. The number of rotatable bonds is 5. The Bertz CT molecular complexity index is 490. The molecule has 1 saturated heterocycles. The first-order chi connectivity index (χ1) is 10.1. The van der Waals surface area contributed by atoms with Crippen LogP contribution < -0.4 is 11.1 Å². The maximum atomic E-state index is 12.0. The Labute approximate surface area is 126 Å². The predicted molar refractivity (Wildman–Crippen MR) is 82.9 cm³/mol. The predicted octanol–water partition coefficient (Wildman–Crippen LogP) is 0.988. The molecule has 4 N–H and O–H groups in total. The third-order valence-electron chi connectivity index (χ3n) is 3.95. The largest absolute Gasteiger partial charge is 0.508 e. The number of phenols is 1. The summed E-state index contributed by atoms with van der Waals surface area (Å²) in [5.41, 5.74) is 7.48. The van der Waals surface area contributed by atoms with Gasteiger partial charge < -0.3 is 16.2 Å². The molecule has 0 saturated carbocycles. The molecule has 1 fully saturated rings. The van der Waals surface area contributed by atoms with Crippen LogP contribution in [0.25, 0.3) is 0 Å². The maximum Gasteiger partial charge on any atom is 0.224 e. The van der Waals surface area contributed by atoms with Crippen molar-refractivity contribution in [1.82, 2.24) is 10.2 Å². The Morgan fingerprint density at radius 2 is 2.33 bits per heavy atom. The summed E-state index contributed by atoms with van der Waals surface area (Å²) in [7, 11) is 0. The van der Waals surface area contributed by atoms with Gasteiger partial charge in [0.15, 0.2) is 0 Å². The Kier molecular flexibility index (Phi) is 5.59. The van der Waals surface area contributed by atoms with E-state index in [1.54, 1.807) is 6.07 Å². The molecule has 2 rings (SSSR count). The number of hydrogen-bond acceptors (Lipinski definition) is 4. The normalized spacial score (nSPS) is 19.4. The van der Waals surface area contributed by atoms with Crippen molar-refractivity contribution in [3.63, 3.8) is 0 Å². The molecule has 5 heteroatoms. The molecule has 0 aliphatic carbocycles. The SMILES string of the molecule is Cc1ccc(O)c(CN2CCCC(C(=O)NCCN)C2)c1. The second kappa shape index (κ2) is 7.43. The van der Waals surface area contributed by atoms with Gasteiger partial charge in [0.25, 0.3) is 0 Å². The summed E-state index contributed by atoms with van der Waals surface area (Å²) in [4.78, 5) is 14.3. The first kappa shape index (κ1) is 15.8. The van der Waals surface area contributed by atoms with Crippen LogP contribution in [-0.2, 0) is 11.3 Å². The maximum absolute atomic E-state index is 12.0. The Morgan fingerprint density at radius 3 is 3.10 bits per heavy atom. The van der Waals surface area contributed by atoms with Crippen LogP contribution in [0.2, 0.25) is 0 Å². The second-order valence-corrected chi connectivity index (χ2v) is 5.79. The molecule has 5 nitrogen and oxygen atoms in total. The van der Waals surface area contributed by atoms with E-state index in [0.29, 0.717) is 25.4 Å². The summed E-state index contributed by atoms with van der Waals surface area (Å²) in [6, 6.07) is 5.64. The van der Waals surface area contributed by atoms with Crippen molar-refractivity contribution < 1.29 is 9.90 Å². The Morgan fingerprint density at radius 1 is 1.52 bits per heavy atom. The lowest BCUT2D eigenvalue weighted by Crippen LogP contribution is -2.43. The van der Waals surface area contributed by atoms with Gasteiger partial charge in [0.05, 0.1) is 5.92 Å². The minimum atomic E-state index is 0.0252. The van der Waals surface area contributed by atoms with Crippen LogP contribution in [0.5, 0.6) is 5.75 Å². The first-order valence-electron chi connectivity index (χ1n) is 7.58. The van der Waals surface area contributed by atoms with E-state index in [4.69, 9.17) is 5.73 Å². The Balaban J connectivity index is 1.94. The van der Waals surface area contributed by atoms with Crippen molar-refractivity contribution in [2.24, 2.45) is 11.7 Å². The van der Waals surface area contributed by atoms with E-state index in [9.17, 15) is 9.90 Å². The van der Waals surface area contributed by atoms with Crippen LogP contribution in [0.15, 0.2) is 18.2 Å². The summed E-state index contributed by atoms with van der Waals surface area (Å²) in [6.45, 7) is 5.42. The highest BCUT2D eigenvalue weighted by Crippen LogP contribution is 2.23. The molecule has 1 amide bonds. The molecule has 0 radical (unpaired) electrons. The van der Waals surface area contributed by atoms with Crippen molar-refractivity contribution in [2.45, 2.75) is 26.3 Å². The summed E-state index contributed by atoms with van der Waals surface area (Å²) in [5, 5.41) is 12.8. The number of nitrogens with one attached hydrogen (secondary N) is 1. The molecule has 0 bridgehead atoms. The lowest BCUT2D eigenvalue weighted by Gasteiger charge is -2.32. The molecule has 1 aromatic carbocycles. The third-order valence-corrected chi connectivity index (χ3v) is 3.95. The van der Waals surface area contributed by atoms with Crippen molar-refractivity contribution >= 4 is 5.91 Å². The average molecular weight is 291 g/mol. The van der Waals surface area contributed by atoms with Gasteiger partial charge in [-0.05, 0) is 32.4 Å². The number of nitrogens with zero attached hydrogens (tertiary/aromatic N) is 1. The number of piperidine rings is 1. The number of amides is 1. The van der Waals surface area contributed by atoms with Gasteiger partial charge in [-0.15, -0.1) is 0 Å². The number of hydrogen-bond donors (Lipinski definition) is 3. The van der Waals surface area contributed by atoms with E-state index in [1.807, 2.05) is 19.1 Å². The van der Waals surface area contributed by atoms with Crippen LogP contribution in [0.1, 0.15) is 24.0 Å². The molecule has 1 atom stereocenters. The monoisotopic (exact) mass is 291 g/mol. The fourth-order valence-corrected chi connectivity index (χ4v) is 2.83. The zero-order valence-electron chi connectivity index (χ0n) is 12.6. The molecular formula is C16H25N3O2. The molecule has 1 unspecified atom stereocenters. The molecular weight excluding hydrogens is 266 g/mol. The van der Waals surface area contributed by atoms with Gasteiger partial charge in [-0.2, -0.15) is 0 Å². The van der Waals surface area contributed by atoms with Crippen molar-refractivity contribution in [3.8, 4) is 5.75 Å². The van der Waals surface area contributed by atoms with Gasteiger partial charge in [-0.25, -0.2) is 0 Å². The molecule has 1 aromatic rings. The fraction of sp³-hybridized carbons (Fsp3) is 0.562. The van der Waals surface area contributed by atoms with Crippen LogP contribution in [0.4, 0.5) is 0 Å². The van der Waals surface area contributed by atoms with Gasteiger partial charge >= 0.3 is 0 Å². The molecule has 1 aliphatic heterocycles. The average Bonchev–Trinajstić information content (AvgIpc) is 2.49. The van der Waals surface area contributed by atoms with E-state index in [1.165, 1.54) is 0 Å².